The molecule has 0 aromatic heterocycles. The zero-order chi connectivity index (χ0) is 24.2. The number of rotatable bonds is 7. The van der Waals surface area contributed by atoms with Gasteiger partial charge < -0.3 is 4.74 Å². The molecule has 0 unspecified atom stereocenters. The average Bonchev–Trinajstić information content (AvgIpc) is 2.85. The van der Waals surface area contributed by atoms with Gasteiger partial charge in [0, 0.05) is 0 Å². The van der Waals surface area contributed by atoms with Gasteiger partial charge in [-0.2, -0.15) is 4.39 Å². The molecule has 0 aliphatic heterocycles. The van der Waals surface area contributed by atoms with E-state index >= 15 is 8.78 Å². The molecule has 0 radical (unpaired) electrons. The lowest BCUT2D eigenvalue weighted by Crippen LogP contribution is -2.21. The molecular weight excluding hydrogens is 440 g/mol. The van der Waals surface area contributed by atoms with Crippen molar-refractivity contribution < 1.29 is 22.3 Å². The molecule has 0 N–H and O–H groups in total. The fourth-order valence-electron chi connectivity index (χ4n) is 5.97. The lowest BCUT2D eigenvalue weighted by Gasteiger charge is -2.31. The zero-order valence-electron chi connectivity index (χ0n) is 20.3. The van der Waals surface area contributed by atoms with Crippen molar-refractivity contribution in [2.24, 2.45) is 11.8 Å². The molecule has 2 saturated carbocycles. The Kier molecular flexibility index (Phi) is 8.21. The minimum atomic E-state index is -0.954. The Balaban J connectivity index is 1.33. The molecule has 2 aromatic rings. The molecule has 0 amide bonds. The lowest BCUT2D eigenvalue weighted by molar-refractivity contribution is 0.191. The summed E-state index contributed by atoms with van der Waals surface area (Å²) in [7, 11) is 0. The van der Waals surface area contributed by atoms with E-state index in [1.54, 1.807) is 6.07 Å². The highest BCUT2D eigenvalue weighted by atomic mass is 19.2. The molecule has 0 heterocycles. The van der Waals surface area contributed by atoms with Crippen molar-refractivity contribution in [3.05, 3.63) is 64.2 Å². The van der Waals surface area contributed by atoms with E-state index in [-0.39, 0.29) is 29.1 Å². The third kappa shape index (κ3) is 5.44. The van der Waals surface area contributed by atoms with Crippen LogP contribution in [0.5, 0.6) is 5.75 Å². The summed E-state index contributed by atoms with van der Waals surface area (Å²) in [6, 6.07) is 6.58. The van der Waals surface area contributed by atoms with Crippen molar-refractivity contribution in [3.8, 4) is 5.75 Å². The van der Waals surface area contributed by atoms with E-state index in [1.807, 2.05) is 6.07 Å². The van der Waals surface area contributed by atoms with Crippen LogP contribution >= 0.6 is 0 Å². The molecule has 2 fully saturated rings. The molecule has 1 nitrogen and oxygen atoms in total. The van der Waals surface area contributed by atoms with Gasteiger partial charge in [-0.25, -0.2) is 13.2 Å². The summed E-state index contributed by atoms with van der Waals surface area (Å²) in [5.74, 6) is -2.22. The maximum absolute atomic E-state index is 15.1. The van der Waals surface area contributed by atoms with Crippen molar-refractivity contribution in [2.45, 2.75) is 89.9 Å². The highest BCUT2D eigenvalue weighted by molar-refractivity contribution is 5.32. The van der Waals surface area contributed by atoms with Gasteiger partial charge in [0.05, 0.1) is 6.61 Å². The molecule has 2 aliphatic rings. The van der Waals surface area contributed by atoms with Crippen LogP contribution in [-0.2, 0) is 0 Å². The fourth-order valence-corrected chi connectivity index (χ4v) is 5.97. The lowest BCUT2D eigenvalue weighted by atomic mass is 9.75. The van der Waals surface area contributed by atoms with Gasteiger partial charge in [0.25, 0.3) is 0 Å². The summed E-state index contributed by atoms with van der Waals surface area (Å²) in [4.78, 5) is 0. The molecule has 2 aromatic carbocycles. The van der Waals surface area contributed by atoms with E-state index in [0.29, 0.717) is 17.7 Å². The molecule has 4 rings (SSSR count). The molecule has 186 valence electrons. The fraction of sp³-hybridized carbons (Fsp3) is 0.586. The van der Waals surface area contributed by atoms with Crippen LogP contribution in [0.1, 0.15) is 99.7 Å². The van der Waals surface area contributed by atoms with E-state index in [0.717, 1.165) is 57.3 Å². The topological polar surface area (TPSA) is 9.23 Å². The van der Waals surface area contributed by atoms with Gasteiger partial charge in [-0.15, -0.1) is 0 Å². The Morgan fingerprint density at radius 3 is 1.74 bits per heavy atom. The largest absolute Gasteiger partial charge is 0.490 e. The van der Waals surface area contributed by atoms with E-state index in [2.05, 4.69) is 6.92 Å². The SMILES string of the molecule is CCCC1CCC(c2ccc(C3CCC(COc4ccc(C)c(F)c4F)CC3)c(F)c2F)CC1. The van der Waals surface area contributed by atoms with Gasteiger partial charge >= 0.3 is 0 Å². The Morgan fingerprint density at radius 2 is 1.21 bits per heavy atom. The third-order valence-electron chi connectivity index (χ3n) is 8.13. The molecule has 0 atom stereocenters. The number of ether oxygens (including phenoxy) is 1. The second-order valence-corrected chi connectivity index (χ2v) is 10.4. The van der Waals surface area contributed by atoms with E-state index in [1.165, 1.54) is 31.9 Å². The average molecular weight is 477 g/mol. The van der Waals surface area contributed by atoms with Crippen LogP contribution in [0, 0.1) is 42.0 Å². The Labute approximate surface area is 200 Å². The van der Waals surface area contributed by atoms with Gasteiger partial charge in [0.2, 0.25) is 5.82 Å². The van der Waals surface area contributed by atoms with Crippen LogP contribution < -0.4 is 4.74 Å². The molecule has 0 spiro atoms. The number of hydrogen-bond acceptors (Lipinski definition) is 1. The van der Waals surface area contributed by atoms with E-state index in [4.69, 9.17) is 4.74 Å². The van der Waals surface area contributed by atoms with Gasteiger partial charge in [-0.05, 0) is 105 Å². The first-order chi connectivity index (χ1) is 16.4. The Bertz CT molecular complexity index is 973. The van der Waals surface area contributed by atoms with Crippen LogP contribution in [0.15, 0.2) is 24.3 Å². The summed E-state index contributed by atoms with van der Waals surface area (Å²) in [5.41, 5.74) is 1.27. The van der Waals surface area contributed by atoms with Crippen molar-refractivity contribution in [3.63, 3.8) is 0 Å². The number of halogens is 4. The number of benzene rings is 2. The molecular formula is C29H36F4O. The first-order valence-corrected chi connectivity index (χ1v) is 12.9. The molecule has 0 bridgehead atoms. The van der Waals surface area contributed by atoms with Crippen LogP contribution in [0.4, 0.5) is 17.6 Å². The zero-order valence-corrected chi connectivity index (χ0v) is 20.3. The minimum absolute atomic E-state index is 0.0198. The standard InChI is InChI=1S/C29H36F4O/c1-3-4-19-6-10-21(11-7-19)23-14-15-24(28(32)27(23)31)22-12-8-20(9-13-22)17-34-25-16-5-18(2)26(30)29(25)33/h5,14-16,19-22H,3-4,6-13,17H2,1-2H3. The van der Waals surface area contributed by atoms with Gasteiger partial charge in [-0.3, -0.25) is 0 Å². The number of aryl methyl sites for hydroxylation is 1. The summed E-state index contributed by atoms with van der Waals surface area (Å²) in [5, 5.41) is 0. The third-order valence-corrected chi connectivity index (χ3v) is 8.13. The van der Waals surface area contributed by atoms with Crippen LogP contribution in [-0.4, -0.2) is 6.61 Å². The normalized spacial score (nSPS) is 25.4. The van der Waals surface area contributed by atoms with Gasteiger partial charge in [0.1, 0.15) is 0 Å². The van der Waals surface area contributed by atoms with Crippen LogP contribution in [0.3, 0.4) is 0 Å². The Hall–Kier alpha value is -2.04. The number of hydrogen-bond donors (Lipinski definition) is 0. The highest BCUT2D eigenvalue weighted by Gasteiger charge is 2.30. The quantitative estimate of drug-likeness (QED) is 0.362. The first kappa shape index (κ1) is 25.1. The maximum atomic E-state index is 15.1. The van der Waals surface area contributed by atoms with E-state index < -0.39 is 23.3 Å². The minimum Gasteiger partial charge on any atom is -0.490 e. The maximum Gasteiger partial charge on any atom is 0.200 e. The summed E-state index contributed by atoms with van der Waals surface area (Å²) >= 11 is 0. The van der Waals surface area contributed by atoms with Crippen molar-refractivity contribution in [2.75, 3.05) is 6.61 Å². The predicted molar refractivity (Wildman–Crippen MR) is 127 cm³/mol. The predicted octanol–water partition coefficient (Wildman–Crippen LogP) is 8.98. The monoisotopic (exact) mass is 476 g/mol. The second-order valence-electron chi connectivity index (χ2n) is 10.4. The Morgan fingerprint density at radius 1 is 0.676 bits per heavy atom. The molecule has 34 heavy (non-hydrogen) atoms. The van der Waals surface area contributed by atoms with Crippen molar-refractivity contribution in [1.29, 1.82) is 0 Å². The molecule has 0 saturated heterocycles. The summed E-state index contributed by atoms with van der Waals surface area (Å²) < 4.78 is 63.5. The van der Waals surface area contributed by atoms with Gasteiger partial charge in [0.15, 0.2) is 23.2 Å². The summed E-state index contributed by atoms with van der Waals surface area (Å²) in [6.45, 7) is 4.00. The smallest absolute Gasteiger partial charge is 0.200 e. The molecule has 2 aliphatic carbocycles. The second kappa shape index (κ2) is 11.1. The highest BCUT2D eigenvalue weighted by Crippen LogP contribution is 2.42. The first-order valence-electron chi connectivity index (χ1n) is 12.9. The van der Waals surface area contributed by atoms with Gasteiger partial charge in [-0.1, -0.05) is 38.0 Å². The van der Waals surface area contributed by atoms with E-state index in [9.17, 15) is 8.78 Å². The van der Waals surface area contributed by atoms with Crippen molar-refractivity contribution >= 4 is 0 Å². The summed E-state index contributed by atoms with van der Waals surface area (Å²) in [6.07, 6.45) is 9.53. The molecule has 5 heteroatoms. The van der Waals surface area contributed by atoms with Crippen LogP contribution in [0.2, 0.25) is 0 Å². The van der Waals surface area contributed by atoms with Crippen LogP contribution in [0.25, 0.3) is 0 Å². The van der Waals surface area contributed by atoms with Crippen molar-refractivity contribution in [1.82, 2.24) is 0 Å².